The van der Waals surface area contributed by atoms with Gasteiger partial charge in [-0.2, -0.15) is 0 Å². The highest BCUT2D eigenvalue weighted by molar-refractivity contribution is 7.98. The van der Waals surface area contributed by atoms with Gasteiger partial charge in [0.1, 0.15) is 11.3 Å². The van der Waals surface area contributed by atoms with Gasteiger partial charge in [0, 0.05) is 4.90 Å². The van der Waals surface area contributed by atoms with Crippen molar-refractivity contribution in [2.45, 2.75) is 4.90 Å². The predicted molar refractivity (Wildman–Crippen MR) is 82.2 cm³/mol. The van der Waals surface area contributed by atoms with Gasteiger partial charge in [-0.15, -0.1) is 11.8 Å². The largest absolute Gasteiger partial charge is 0.345 e. The van der Waals surface area contributed by atoms with Crippen LogP contribution in [0.5, 0.6) is 0 Å². The lowest BCUT2D eigenvalue weighted by molar-refractivity contribution is 0.102. The standard InChI is InChI=1S/C15H12FN3OS/c1-21-12-7-2-4-9(16)13(12)15(20)19-11-6-3-5-10-14(11)18-8-17-10/h2-8H,1H3,(H,17,18)(H,19,20). The number of nitrogens with zero attached hydrogens (tertiary/aromatic N) is 1. The van der Waals surface area contributed by atoms with E-state index in [-0.39, 0.29) is 5.56 Å². The number of hydrogen-bond donors (Lipinski definition) is 2. The summed E-state index contributed by atoms with van der Waals surface area (Å²) >= 11 is 1.33. The van der Waals surface area contributed by atoms with E-state index in [1.165, 1.54) is 17.8 Å². The predicted octanol–water partition coefficient (Wildman–Crippen LogP) is 3.68. The Morgan fingerprint density at radius 2 is 2.10 bits per heavy atom. The Morgan fingerprint density at radius 1 is 1.29 bits per heavy atom. The van der Waals surface area contributed by atoms with Gasteiger partial charge in [-0.3, -0.25) is 4.79 Å². The molecule has 4 nitrogen and oxygen atoms in total. The highest BCUT2D eigenvalue weighted by Crippen LogP contribution is 2.25. The first kappa shape index (κ1) is 13.6. The van der Waals surface area contributed by atoms with Crippen LogP contribution in [0.15, 0.2) is 47.6 Å². The SMILES string of the molecule is CSc1cccc(F)c1C(=O)Nc1cccc2[nH]cnc12. The number of amides is 1. The van der Waals surface area contributed by atoms with Gasteiger partial charge < -0.3 is 10.3 Å². The number of H-pyrrole nitrogens is 1. The number of fused-ring (bicyclic) bond motifs is 1. The second-order valence-corrected chi connectivity index (χ2v) is 5.22. The number of carbonyl (C=O) groups is 1. The van der Waals surface area contributed by atoms with Gasteiger partial charge in [0.05, 0.1) is 23.1 Å². The van der Waals surface area contributed by atoms with E-state index in [4.69, 9.17) is 0 Å². The molecule has 0 bridgehead atoms. The molecule has 2 N–H and O–H groups in total. The lowest BCUT2D eigenvalue weighted by atomic mass is 10.2. The zero-order valence-corrected chi connectivity index (χ0v) is 12.0. The molecule has 0 saturated heterocycles. The van der Waals surface area contributed by atoms with Crippen LogP contribution in [0.2, 0.25) is 0 Å². The molecule has 0 radical (unpaired) electrons. The molecule has 0 aliphatic heterocycles. The van der Waals surface area contributed by atoms with Gasteiger partial charge >= 0.3 is 0 Å². The first-order valence-corrected chi connectivity index (χ1v) is 7.49. The van der Waals surface area contributed by atoms with Crippen molar-refractivity contribution in [2.75, 3.05) is 11.6 Å². The first-order valence-electron chi connectivity index (χ1n) is 6.26. The van der Waals surface area contributed by atoms with Gasteiger partial charge in [-0.1, -0.05) is 12.1 Å². The Labute approximate surface area is 124 Å². The van der Waals surface area contributed by atoms with Crippen LogP contribution in [0.4, 0.5) is 10.1 Å². The van der Waals surface area contributed by atoms with Gasteiger partial charge in [-0.05, 0) is 30.5 Å². The second-order valence-electron chi connectivity index (χ2n) is 4.38. The maximum atomic E-state index is 13.9. The number of hydrogen-bond acceptors (Lipinski definition) is 3. The van der Waals surface area contributed by atoms with Gasteiger partial charge in [0.15, 0.2) is 0 Å². The van der Waals surface area contributed by atoms with E-state index in [2.05, 4.69) is 15.3 Å². The molecule has 0 fully saturated rings. The number of imidazole rings is 1. The smallest absolute Gasteiger partial charge is 0.259 e. The lowest BCUT2D eigenvalue weighted by Crippen LogP contribution is -2.15. The van der Waals surface area contributed by atoms with Crippen LogP contribution in [0.1, 0.15) is 10.4 Å². The summed E-state index contributed by atoms with van der Waals surface area (Å²) in [6.45, 7) is 0. The van der Waals surface area contributed by atoms with Gasteiger partial charge in [0.25, 0.3) is 5.91 Å². The normalized spacial score (nSPS) is 10.8. The molecule has 0 aliphatic carbocycles. The molecule has 1 aromatic heterocycles. The molecule has 3 aromatic rings. The number of benzene rings is 2. The third-order valence-electron chi connectivity index (χ3n) is 3.12. The van der Waals surface area contributed by atoms with Crippen LogP contribution in [0.3, 0.4) is 0 Å². The molecule has 0 saturated carbocycles. The molecular weight excluding hydrogens is 289 g/mol. The van der Waals surface area contributed by atoms with Crippen molar-refractivity contribution >= 4 is 34.4 Å². The maximum Gasteiger partial charge on any atom is 0.259 e. The Bertz CT molecular complexity index is 816. The summed E-state index contributed by atoms with van der Waals surface area (Å²) in [5, 5.41) is 2.73. The highest BCUT2D eigenvalue weighted by atomic mass is 32.2. The number of anilines is 1. The number of rotatable bonds is 3. The molecule has 1 amide bonds. The Kier molecular flexibility index (Phi) is 3.62. The van der Waals surface area contributed by atoms with E-state index in [0.29, 0.717) is 16.1 Å². The fourth-order valence-corrected chi connectivity index (χ4v) is 2.75. The molecule has 2 aromatic carbocycles. The Morgan fingerprint density at radius 3 is 2.90 bits per heavy atom. The van der Waals surface area contributed by atoms with Crippen LogP contribution in [0.25, 0.3) is 11.0 Å². The molecule has 3 rings (SSSR count). The van der Waals surface area contributed by atoms with Crippen molar-refractivity contribution in [3.8, 4) is 0 Å². The summed E-state index contributed by atoms with van der Waals surface area (Å²) in [6.07, 6.45) is 3.36. The van der Waals surface area contributed by atoms with Crippen molar-refractivity contribution < 1.29 is 9.18 Å². The molecule has 0 atom stereocenters. The minimum absolute atomic E-state index is 0.0533. The van der Waals surface area contributed by atoms with Gasteiger partial charge in [-0.25, -0.2) is 9.37 Å². The Hall–Kier alpha value is -2.34. The van der Waals surface area contributed by atoms with Crippen LogP contribution in [-0.4, -0.2) is 22.1 Å². The quantitative estimate of drug-likeness (QED) is 0.726. The van der Waals surface area contributed by atoms with Crippen LogP contribution < -0.4 is 5.32 Å². The summed E-state index contributed by atoms with van der Waals surface area (Å²) < 4.78 is 13.9. The monoisotopic (exact) mass is 301 g/mol. The zero-order valence-electron chi connectivity index (χ0n) is 11.2. The second kappa shape index (κ2) is 5.57. The number of thioether (sulfide) groups is 1. The van der Waals surface area contributed by atoms with E-state index >= 15 is 0 Å². The molecule has 6 heteroatoms. The first-order chi connectivity index (χ1) is 10.2. The van der Waals surface area contributed by atoms with E-state index in [9.17, 15) is 9.18 Å². The molecule has 0 spiro atoms. The number of nitrogens with one attached hydrogen (secondary N) is 2. The van der Waals surface area contributed by atoms with Crippen molar-refractivity contribution in [2.24, 2.45) is 0 Å². The van der Waals surface area contributed by atoms with Crippen molar-refractivity contribution in [3.05, 3.63) is 54.1 Å². The fraction of sp³-hybridized carbons (Fsp3) is 0.0667. The summed E-state index contributed by atoms with van der Waals surface area (Å²) in [4.78, 5) is 20.1. The third-order valence-corrected chi connectivity index (χ3v) is 3.90. The number of halogens is 1. The fourth-order valence-electron chi connectivity index (χ4n) is 2.15. The Balaban J connectivity index is 1.99. The third kappa shape index (κ3) is 2.50. The van der Waals surface area contributed by atoms with Crippen molar-refractivity contribution in [3.63, 3.8) is 0 Å². The maximum absolute atomic E-state index is 13.9. The molecule has 21 heavy (non-hydrogen) atoms. The molecule has 106 valence electrons. The summed E-state index contributed by atoms with van der Waals surface area (Å²) in [5.41, 5.74) is 2.06. The average Bonchev–Trinajstić information content (AvgIpc) is 2.96. The van der Waals surface area contributed by atoms with E-state index in [1.54, 1.807) is 36.8 Å². The number of carbonyl (C=O) groups excluding carboxylic acids is 1. The number of para-hydroxylation sites is 1. The highest BCUT2D eigenvalue weighted by Gasteiger charge is 2.17. The van der Waals surface area contributed by atoms with Crippen LogP contribution in [0, 0.1) is 5.82 Å². The molecule has 0 unspecified atom stereocenters. The van der Waals surface area contributed by atoms with Gasteiger partial charge in [0.2, 0.25) is 0 Å². The van der Waals surface area contributed by atoms with E-state index in [1.807, 2.05) is 6.07 Å². The van der Waals surface area contributed by atoms with E-state index < -0.39 is 11.7 Å². The molecular formula is C15H12FN3OS. The van der Waals surface area contributed by atoms with Crippen LogP contribution >= 0.6 is 11.8 Å². The van der Waals surface area contributed by atoms with Crippen molar-refractivity contribution in [1.82, 2.24) is 9.97 Å². The topological polar surface area (TPSA) is 57.8 Å². The molecule has 0 aliphatic rings. The van der Waals surface area contributed by atoms with E-state index in [0.717, 1.165) is 5.52 Å². The zero-order chi connectivity index (χ0) is 14.8. The average molecular weight is 301 g/mol. The summed E-state index contributed by atoms with van der Waals surface area (Å²) in [5.74, 6) is -1.01. The number of aromatic nitrogens is 2. The summed E-state index contributed by atoms with van der Waals surface area (Å²) in [7, 11) is 0. The minimum Gasteiger partial charge on any atom is -0.345 e. The number of aromatic amines is 1. The minimum atomic E-state index is -0.534. The van der Waals surface area contributed by atoms with Crippen molar-refractivity contribution in [1.29, 1.82) is 0 Å². The lowest BCUT2D eigenvalue weighted by Gasteiger charge is -2.10. The summed E-state index contributed by atoms with van der Waals surface area (Å²) in [6, 6.07) is 9.98. The molecule has 1 heterocycles. The van der Waals surface area contributed by atoms with Crippen LogP contribution in [-0.2, 0) is 0 Å².